The molecule has 0 aliphatic heterocycles. The first-order chi connectivity index (χ1) is 13.2. The number of H-pyrrole nitrogens is 1. The van der Waals surface area contributed by atoms with E-state index in [0.29, 0.717) is 17.0 Å². The Labute approximate surface area is 170 Å². The van der Waals surface area contributed by atoms with Gasteiger partial charge in [-0.15, -0.1) is 34.0 Å². The van der Waals surface area contributed by atoms with Crippen LogP contribution in [0.15, 0.2) is 45.1 Å². The number of rotatable bonds is 4. The molecule has 0 spiro atoms. The van der Waals surface area contributed by atoms with Gasteiger partial charge in [0.25, 0.3) is 5.56 Å². The van der Waals surface area contributed by atoms with Crippen LogP contribution in [-0.4, -0.2) is 19.9 Å². The van der Waals surface area contributed by atoms with Crippen molar-refractivity contribution in [2.75, 3.05) is 0 Å². The predicted molar refractivity (Wildman–Crippen MR) is 115 cm³/mol. The van der Waals surface area contributed by atoms with Crippen LogP contribution in [0.25, 0.3) is 30.9 Å². The van der Waals surface area contributed by atoms with Crippen LogP contribution >= 0.6 is 45.8 Å². The van der Waals surface area contributed by atoms with Crippen molar-refractivity contribution < 1.29 is 0 Å². The van der Waals surface area contributed by atoms with Gasteiger partial charge in [0.2, 0.25) is 0 Å². The minimum Gasteiger partial charge on any atom is -0.309 e. The molecule has 0 bridgehead atoms. The van der Waals surface area contributed by atoms with Crippen LogP contribution < -0.4 is 5.56 Å². The molecule has 9 heteroatoms. The Bertz CT molecular complexity index is 1330. The van der Waals surface area contributed by atoms with E-state index in [9.17, 15) is 4.79 Å². The number of hydrogen-bond acceptors (Lipinski definition) is 8. The van der Waals surface area contributed by atoms with Crippen LogP contribution in [0.3, 0.4) is 0 Å². The Morgan fingerprint density at radius 3 is 2.96 bits per heavy atom. The molecule has 134 valence electrons. The first-order valence-corrected chi connectivity index (χ1v) is 11.6. The van der Waals surface area contributed by atoms with Crippen LogP contribution in [0.2, 0.25) is 0 Å². The molecule has 0 atom stereocenters. The minimum absolute atomic E-state index is 0.0816. The summed E-state index contributed by atoms with van der Waals surface area (Å²) in [5, 5.41) is 5.63. The Balaban J connectivity index is 1.48. The lowest BCUT2D eigenvalue weighted by Gasteiger charge is -2.02. The fourth-order valence-electron chi connectivity index (χ4n) is 2.83. The maximum absolute atomic E-state index is 12.7. The normalized spacial score (nSPS) is 11.6. The molecule has 1 N–H and O–H groups in total. The standard InChI is InChI=1S/C18H12N4OS4/c1-9-2-3-12(27-9)10-6-25-17-14(10)16(23)21-13(22-17)7-26-18-15-11(4-5-24-15)19-8-20-18/h2-6,8H,7H2,1H3,(H,21,22,23). The Kier molecular flexibility index (Phi) is 4.31. The van der Waals surface area contributed by atoms with Crippen molar-refractivity contribution in [3.8, 4) is 10.4 Å². The molecule has 0 aromatic carbocycles. The molecular formula is C18H12N4OS4. The summed E-state index contributed by atoms with van der Waals surface area (Å²) in [6.07, 6.45) is 1.57. The van der Waals surface area contributed by atoms with E-state index in [0.717, 1.165) is 30.5 Å². The first kappa shape index (κ1) is 17.1. The zero-order valence-corrected chi connectivity index (χ0v) is 17.3. The lowest BCUT2D eigenvalue weighted by atomic mass is 10.2. The van der Waals surface area contributed by atoms with Gasteiger partial charge in [0, 0.05) is 20.7 Å². The Hall–Kier alpha value is -2.07. The Morgan fingerprint density at radius 1 is 1.19 bits per heavy atom. The summed E-state index contributed by atoms with van der Waals surface area (Å²) < 4.78 is 1.07. The highest BCUT2D eigenvalue weighted by Crippen LogP contribution is 2.35. The SMILES string of the molecule is Cc1ccc(-c2csc3nc(CSc4ncnc5ccsc45)[nH]c(=O)c23)s1. The van der Waals surface area contributed by atoms with Crippen LogP contribution in [0.4, 0.5) is 0 Å². The fraction of sp³-hybridized carbons (Fsp3) is 0.111. The lowest BCUT2D eigenvalue weighted by Crippen LogP contribution is -2.10. The van der Waals surface area contributed by atoms with Gasteiger partial charge < -0.3 is 4.98 Å². The molecule has 0 radical (unpaired) electrons. The van der Waals surface area contributed by atoms with Gasteiger partial charge in [-0.1, -0.05) is 11.8 Å². The van der Waals surface area contributed by atoms with Gasteiger partial charge in [-0.25, -0.2) is 15.0 Å². The zero-order valence-electron chi connectivity index (χ0n) is 14.1. The molecular weight excluding hydrogens is 416 g/mol. The molecule has 27 heavy (non-hydrogen) atoms. The molecule has 5 rings (SSSR count). The summed E-state index contributed by atoms with van der Waals surface area (Å²) >= 11 is 6.39. The van der Waals surface area contributed by atoms with Gasteiger partial charge in [-0.05, 0) is 30.5 Å². The first-order valence-electron chi connectivity index (χ1n) is 8.07. The van der Waals surface area contributed by atoms with E-state index in [2.05, 4.69) is 39.0 Å². The average molecular weight is 429 g/mol. The molecule has 5 heterocycles. The van der Waals surface area contributed by atoms with Crippen molar-refractivity contribution >= 4 is 66.2 Å². The molecule has 5 aromatic rings. The number of fused-ring (bicyclic) bond motifs is 2. The van der Waals surface area contributed by atoms with Gasteiger partial charge in [0.1, 0.15) is 22.0 Å². The fourth-order valence-corrected chi connectivity index (χ4v) is 6.57. The van der Waals surface area contributed by atoms with E-state index in [4.69, 9.17) is 0 Å². The molecule has 0 fully saturated rings. The molecule has 0 saturated heterocycles. The summed E-state index contributed by atoms with van der Waals surface area (Å²) in [4.78, 5) is 32.1. The van der Waals surface area contributed by atoms with E-state index in [1.54, 1.807) is 40.8 Å². The van der Waals surface area contributed by atoms with Crippen molar-refractivity contribution in [1.29, 1.82) is 0 Å². The summed E-state index contributed by atoms with van der Waals surface area (Å²) in [6, 6.07) is 6.12. The average Bonchev–Trinajstić information content (AvgIpc) is 3.38. The number of thiophene rings is 3. The zero-order chi connectivity index (χ0) is 18.4. The lowest BCUT2D eigenvalue weighted by molar-refractivity contribution is 1.04. The smallest absolute Gasteiger partial charge is 0.260 e. The van der Waals surface area contributed by atoms with Crippen molar-refractivity contribution in [1.82, 2.24) is 19.9 Å². The molecule has 0 amide bonds. The Morgan fingerprint density at radius 2 is 2.11 bits per heavy atom. The molecule has 0 unspecified atom stereocenters. The van der Waals surface area contributed by atoms with Gasteiger partial charge in [-0.2, -0.15) is 0 Å². The second kappa shape index (κ2) is 6.83. The second-order valence-electron chi connectivity index (χ2n) is 5.85. The summed E-state index contributed by atoms with van der Waals surface area (Å²) in [6.45, 7) is 2.07. The summed E-state index contributed by atoms with van der Waals surface area (Å²) in [5.74, 6) is 1.22. The maximum Gasteiger partial charge on any atom is 0.260 e. The van der Waals surface area contributed by atoms with E-state index in [1.165, 1.54) is 16.2 Å². The van der Waals surface area contributed by atoms with Crippen molar-refractivity contribution in [3.05, 3.63) is 56.3 Å². The highest BCUT2D eigenvalue weighted by atomic mass is 32.2. The monoisotopic (exact) mass is 428 g/mol. The molecule has 0 saturated carbocycles. The number of aromatic nitrogens is 4. The number of nitrogens with zero attached hydrogens (tertiary/aromatic N) is 3. The second-order valence-corrected chi connectivity index (χ2v) is 9.88. The highest BCUT2D eigenvalue weighted by molar-refractivity contribution is 7.98. The van der Waals surface area contributed by atoms with Crippen molar-refractivity contribution in [2.45, 2.75) is 17.7 Å². The summed E-state index contributed by atoms with van der Waals surface area (Å²) in [5.41, 5.74) is 1.84. The maximum atomic E-state index is 12.7. The summed E-state index contributed by atoms with van der Waals surface area (Å²) in [7, 11) is 0. The van der Waals surface area contributed by atoms with Crippen LogP contribution in [0.1, 0.15) is 10.7 Å². The quantitative estimate of drug-likeness (QED) is 0.310. The third-order valence-corrected chi connectivity index (χ3v) is 8.00. The topological polar surface area (TPSA) is 71.5 Å². The van der Waals surface area contributed by atoms with Crippen molar-refractivity contribution in [2.24, 2.45) is 0 Å². The number of thioether (sulfide) groups is 1. The largest absolute Gasteiger partial charge is 0.309 e. The number of aromatic amines is 1. The number of aryl methyl sites for hydroxylation is 1. The highest BCUT2D eigenvalue weighted by Gasteiger charge is 2.15. The van der Waals surface area contributed by atoms with Crippen LogP contribution in [0.5, 0.6) is 0 Å². The van der Waals surface area contributed by atoms with E-state index < -0.39 is 0 Å². The number of hydrogen-bond donors (Lipinski definition) is 1. The van der Waals surface area contributed by atoms with Gasteiger partial charge >= 0.3 is 0 Å². The van der Waals surface area contributed by atoms with Crippen LogP contribution in [0, 0.1) is 6.92 Å². The van der Waals surface area contributed by atoms with Gasteiger partial charge in [0.15, 0.2) is 0 Å². The van der Waals surface area contributed by atoms with Crippen molar-refractivity contribution in [3.63, 3.8) is 0 Å². The van der Waals surface area contributed by atoms with Crippen LogP contribution in [-0.2, 0) is 5.75 Å². The van der Waals surface area contributed by atoms with Gasteiger partial charge in [0.05, 0.1) is 21.4 Å². The van der Waals surface area contributed by atoms with Gasteiger partial charge in [-0.3, -0.25) is 4.79 Å². The number of nitrogens with one attached hydrogen (secondary N) is 1. The molecule has 5 nitrogen and oxygen atoms in total. The molecule has 0 aliphatic carbocycles. The van der Waals surface area contributed by atoms with E-state index >= 15 is 0 Å². The molecule has 5 aromatic heterocycles. The van der Waals surface area contributed by atoms with E-state index in [-0.39, 0.29) is 5.56 Å². The molecule has 0 aliphatic rings. The minimum atomic E-state index is -0.0816. The third kappa shape index (κ3) is 3.10. The van der Waals surface area contributed by atoms with E-state index in [1.807, 2.05) is 16.8 Å². The predicted octanol–water partition coefficient (Wildman–Crippen LogP) is 5.32. The third-order valence-electron chi connectivity index (χ3n) is 4.05.